The van der Waals surface area contributed by atoms with E-state index in [1.807, 2.05) is 13.8 Å². The first-order chi connectivity index (χ1) is 10.9. The average molecular weight is 342 g/mol. The van der Waals surface area contributed by atoms with Crippen LogP contribution in [0, 0.1) is 0 Å². The summed E-state index contributed by atoms with van der Waals surface area (Å²) in [5.41, 5.74) is 6.70. The van der Waals surface area contributed by atoms with E-state index in [0.717, 1.165) is 0 Å². The van der Waals surface area contributed by atoms with Crippen LogP contribution in [0.4, 0.5) is 5.82 Å². The van der Waals surface area contributed by atoms with Crippen LogP contribution < -0.4 is 5.73 Å². The summed E-state index contributed by atoms with van der Waals surface area (Å²) in [4.78, 5) is 12.3. The van der Waals surface area contributed by atoms with Crippen LogP contribution in [0.1, 0.15) is 20.1 Å². The normalized spacial score (nSPS) is 32.5. The van der Waals surface area contributed by atoms with E-state index < -0.39 is 24.2 Å². The highest BCUT2D eigenvalue weighted by molar-refractivity contribution is 6.28. The second kappa shape index (κ2) is 4.99. The van der Waals surface area contributed by atoms with Gasteiger partial charge in [-0.2, -0.15) is 9.97 Å². The summed E-state index contributed by atoms with van der Waals surface area (Å²) in [5, 5.41) is 9.57. The Kier molecular flexibility index (Phi) is 3.26. The van der Waals surface area contributed by atoms with Crippen molar-refractivity contribution in [2.45, 2.75) is 44.2 Å². The summed E-state index contributed by atoms with van der Waals surface area (Å²) in [6.45, 7) is 3.46. The number of aromatic nitrogens is 4. The second-order valence-electron chi connectivity index (χ2n) is 6.01. The van der Waals surface area contributed by atoms with Gasteiger partial charge >= 0.3 is 0 Å². The third-order valence-corrected chi connectivity index (χ3v) is 4.17. The lowest BCUT2D eigenvalue weighted by atomic mass is 10.1. The summed E-state index contributed by atoms with van der Waals surface area (Å²) in [6.07, 6.45) is -0.308. The number of imidazole rings is 1. The Balaban J connectivity index is 1.79. The standard InChI is InChI=1S/C13H16ClN5O4/c1-13(2)22-7-5(3-20)21-11(8(7)23-13)19-4-16-6-9(15)17-12(14)18-10(6)19/h4-5,7-8,11,20H,3H2,1-2H3,(H2,15,17,18)/t5-,7-,8?,11?/m1/s1. The lowest BCUT2D eigenvalue weighted by Gasteiger charge is -2.24. The van der Waals surface area contributed by atoms with Crippen molar-refractivity contribution in [3.63, 3.8) is 0 Å². The molecule has 0 bridgehead atoms. The molecule has 4 atom stereocenters. The monoisotopic (exact) mass is 341 g/mol. The fraction of sp³-hybridized carbons (Fsp3) is 0.615. The molecule has 4 rings (SSSR count). The molecule has 2 aliphatic heterocycles. The van der Waals surface area contributed by atoms with E-state index in [2.05, 4.69) is 15.0 Å². The first kappa shape index (κ1) is 15.0. The molecule has 0 spiro atoms. The maximum Gasteiger partial charge on any atom is 0.226 e. The van der Waals surface area contributed by atoms with Crippen LogP contribution >= 0.6 is 11.6 Å². The van der Waals surface area contributed by atoms with Gasteiger partial charge in [-0.25, -0.2) is 4.98 Å². The maximum atomic E-state index is 9.55. The number of halogens is 1. The summed E-state index contributed by atoms with van der Waals surface area (Å²) >= 11 is 5.89. The Bertz CT molecular complexity index is 766. The van der Waals surface area contributed by atoms with Gasteiger partial charge in [0.05, 0.1) is 12.9 Å². The maximum absolute atomic E-state index is 9.55. The van der Waals surface area contributed by atoms with E-state index >= 15 is 0 Å². The minimum atomic E-state index is -0.757. The van der Waals surface area contributed by atoms with Gasteiger partial charge in [-0.05, 0) is 25.4 Å². The molecule has 2 aliphatic rings. The average Bonchev–Trinajstić information content (AvgIpc) is 3.09. The van der Waals surface area contributed by atoms with Crippen molar-refractivity contribution >= 4 is 28.6 Å². The predicted molar refractivity (Wildman–Crippen MR) is 79.6 cm³/mol. The summed E-state index contributed by atoms with van der Waals surface area (Å²) < 4.78 is 19.3. The molecule has 2 aromatic heterocycles. The van der Waals surface area contributed by atoms with Gasteiger partial charge in [0, 0.05) is 0 Å². The number of ether oxygens (including phenoxy) is 3. The molecule has 4 heterocycles. The van der Waals surface area contributed by atoms with E-state index in [0.29, 0.717) is 11.2 Å². The van der Waals surface area contributed by atoms with Crippen LogP contribution in [0.5, 0.6) is 0 Å². The minimum Gasteiger partial charge on any atom is -0.394 e. The van der Waals surface area contributed by atoms with Gasteiger partial charge < -0.3 is 25.1 Å². The third-order valence-electron chi connectivity index (χ3n) is 4.00. The number of nitrogens with zero attached hydrogens (tertiary/aromatic N) is 4. The van der Waals surface area contributed by atoms with Crippen molar-refractivity contribution in [1.82, 2.24) is 19.5 Å². The Morgan fingerprint density at radius 2 is 2.09 bits per heavy atom. The van der Waals surface area contributed by atoms with E-state index in [-0.39, 0.29) is 23.8 Å². The van der Waals surface area contributed by atoms with Crippen molar-refractivity contribution in [1.29, 1.82) is 0 Å². The molecule has 0 aromatic carbocycles. The molecule has 2 unspecified atom stereocenters. The smallest absolute Gasteiger partial charge is 0.226 e. The highest BCUT2D eigenvalue weighted by atomic mass is 35.5. The first-order valence-electron chi connectivity index (χ1n) is 7.17. The van der Waals surface area contributed by atoms with Gasteiger partial charge in [0.15, 0.2) is 23.5 Å². The minimum absolute atomic E-state index is 0.0222. The van der Waals surface area contributed by atoms with Gasteiger partial charge in [-0.1, -0.05) is 0 Å². The number of nitrogens with two attached hydrogens (primary N) is 1. The number of hydrogen-bond donors (Lipinski definition) is 2. The lowest BCUT2D eigenvalue weighted by molar-refractivity contribution is -0.199. The molecule has 0 aliphatic carbocycles. The van der Waals surface area contributed by atoms with Crippen LogP contribution in [-0.4, -0.2) is 55.3 Å². The lowest BCUT2D eigenvalue weighted by Crippen LogP contribution is -2.31. The molecular formula is C13H16ClN5O4. The zero-order valence-corrected chi connectivity index (χ0v) is 13.3. The number of hydrogen-bond acceptors (Lipinski definition) is 8. The summed E-state index contributed by atoms with van der Waals surface area (Å²) in [7, 11) is 0. The third kappa shape index (κ3) is 2.27. The van der Waals surface area contributed by atoms with Crippen LogP contribution in [0.3, 0.4) is 0 Å². The Hall–Kier alpha value is -1.52. The number of anilines is 1. The van der Waals surface area contributed by atoms with Gasteiger partial charge in [0.2, 0.25) is 5.28 Å². The fourth-order valence-electron chi connectivity index (χ4n) is 3.13. The van der Waals surface area contributed by atoms with Crippen molar-refractivity contribution in [2.75, 3.05) is 12.3 Å². The molecule has 2 fully saturated rings. The van der Waals surface area contributed by atoms with Crippen molar-refractivity contribution in [2.24, 2.45) is 0 Å². The van der Waals surface area contributed by atoms with E-state index in [1.54, 1.807) is 10.9 Å². The largest absolute Gasteiger partial charge is 0.394 e. The van der Waals surface area contributed by atoms with Crippen LogP contribution in [-0.2, 0) is 14.2 Å². The van der Waals surface area contributed by atoms with Crippen molar-refractivity contribution in [3.8, 4) is 0 Å². The highest BCUT2D eigenvalue weighted by Gasteiger charge is 2.55. The summed E-state index contributed by atoms with van der Waals surface area (Å²) in [6, 6.07) is 0. The molecule has 0 radical (unpaired) electrons. The van der Waals surface area contributed by atoms with E-state index in [4.69, 9.17) is 31.5 Å². The fourth-order valence-corrected chi connectivity index (χ4v) is 3.30. The molecule has 2 saturated heterocycles. The van der Waals surface area contributed by atoms with Crippen LogP contribution in [0.2, 0.25) is 5.28 Å². The molecular weight excluding hydrogens is 326 g/mol. The zero-order valence-electron chi connectivity index (χ0n) is 12.5. The first-order valence-corrected chi connectivity index (χ1v) is 7.55. The second-order valence-corrected chi connectivity index (χ2v) is 6.35. The summed E-state index contributed by atoms with van der Waals surface area (Å²) in [5.74, 6) is -0.566. The molecule has 0 saturated carbocycles. The number of aliphatic hydroxyl groups is 1. The Morgan fingerprint density at radius 3 is 2.83 bits per heavy atom. The van der Waals surface area contributed by atoms with Crippen molar-refractivity contribution < 1.29 is 19.3 Å². The Labute approximate surface area is 136 Å². The van der Waals surface area contributed by atoms with Gasteiger partial charge in [0.1, 0.15) is 23.8 Å². The number of rotatable bonds is 2. The highest BCUT2D eigenvalue weighted by Crippen LogP contribution is 2.43. The number of nitrogen functional groups attached to an aromatic ring is 1. The molecule has 2 aromatic rings. The Morgan fingerprint density at radius 1 is 1.35 bits per heavy atom. The predicted octanol–water partition coefficient (Wildman–Crippen LogP) is 0.472. The van der Waals surface area contributed by atoms with Gasteiger partial charge in [-0.3, -0.25) is 4.57 Å². The molecule has 0 amide bonds. The topological polar surface area (TPSA) is 118 Å². The number of fused-ring (bicyclic) bond motifs is 2. The van der Waals surface area contributed by atoms with Crippen molar-refractivity contribution in [3.05, 3.63) is 11.6 Å². The molecule has 9 nitrogen and oxygen atoms in total. The molecule has 23 heavy (non-hydrogen) atoms. The SMILES string of the molecule is CC1(C)OC2C(n3cnc4c(N)nc(Cl)nc43)O[C@H](CO)[C@H]2O1. The molecule has 124 valence electrons. The van der Waals surface area contributed by atoms with Gasteiger partial charge in [-0.15, -0.1) is 0 Å². The quantitative estimate of drug-likeness (QED) is 0.757. The van der Waals surface area contributed by atoms with Gasteiger partial charge in [0.25, 0.3) is 0 Å². The van der Waals surface area contributed by atoms with Crippen LogP contribution in [0.25, 0.3) is 11.2 Å². The molecule has 10 heteroatoms. The zero-order chi connectivity index (χ0) is 16.4. The van der Waals surface area contributed by atoms with Crippen LogP contribution in [0.15, 0.2) is 6.33 Å². The van der Waals surface area contributed by atoms with E-state index in [9.17, 15) is 5.11 Å². The number of aliphatic hydroxyl groups excluding tert-OH is 1. The molecule has 3 N–H and O–H groups in total. The van der Waals surface area contributed by atoms with E-state index in [1.165, 1.54) is 0 Å².